The van der Waals surface area contributed by atoms with Gasteiger partial charge < -0.3 is 24.5 Å². The van der Waals surface area contributed by atoms with Gasteiger partial charge in [0.2, 0.25) is 5.43 Å². The smallest absolute Gasteiger partial charge is 0.204 e. The molecule has 2 heterocycles. The zero-order valence-corrected chi connectivity index (χ0v) is 14.3. The normalized spacial score (nSPS) is 16.5. The van der Waals surface area contributed by atoms with Crippen molar-refractivity contribution in [1.82, 2.24) is 0 Å². The lowest BCUT2D eigenvalue weighted by molar-refractivity contribution is -0.0229. The highest BCUT2D eigenvalue weighted by atomic mass is 16.5. The maximum Gasteiger partial charge on any atom is 0.204 e. The van der Waals surface area contributed by atoms with Crippen molar-refractivity contribution in [2.45, 2.75) is 32.0 Å². The first-order valence-electron chi connectivity index (χ1n) is 8.24. The lowest BCUT2D eigenvalue weighted by Crippen LogP contribution is -2.39. The molecule has 0 radical (unpaired) electrons. The Morgan fingerprint density at radius 3 is 2.50 bits per heavy atom. The molecule has 4 rings (SSSR count). The van der Waals surface area contributed by atoms with E-state index < -0.39 is 11.7 Å². The molecule has 3 N–H and O–H groups in total. The van der Waals surface area contributed by atoms with Crippen LogP contribution in [0.2, 0.25) is 0 Å². The van der Waals surface area contributed by atoms with E-state index in [2.05, 4.69) is 0 Å². The van der Waals surface area contributed by atoms with Crippen LogP contribution in [-0.4, -0.2) is 27.0 Å². The molecular weight excluding hydrogens is 336 g/mol. The first kappa shape index (κ1) is 16.5. The van der Waals surface area contributed by atoms with Gasteiger partial charge in [-0.05, 0) is 31.5 Å². The molecule has 1 aliphatic rings. The van der Waals surface area contributed by atoms with Crippen molar-refractivity contribution in [2.75, 3.05) is 0 Å². The molecule has 1 unspecified atom stereocenters. The van der Waals surface area contributed by atoms with Gasteiger partial charge in [-0.25, -0.2) is 0 Å². The van der Waals surface area contributed by atoms with Crippen molar-refractivity contribution < 1.29 is 24.5 Å². The second-order valence-electron chi connectivity index (χ2n) is 7.06. The van der Waals surface area contributed by atoms with Gasteiger partial charge in [-0.15, -0.1) is 0 Å². The van der Waals surface area contributed by atoms with Gasteiger partial charge in [-0.1, -0.05) is 12.1 Å². The van der Waals surface area contributed by atoms with Crippen LogP contribution in [0.3, 0.4) is 0 Å². The van der Waals surface area contributed by atoms with Crippen molar-refractivity contribution in [3.8, 4) is 28.4 Å². The fourth-order valence-corrected chi connectivity index (χ4v) is 3.20. The number of ether oxygens (including phenoxy) is 1. The molecule has 2 aromatic carbocycles. The zero-order valence-electron chi connectivity index (χ0n) is 14.3. The molecule has 0 saturated heterocycles. The van der Waals surface area contributed by atoms with Crippen molar-refractivity contribution in [3.63, 3.8) is 0 Å². The second-order valence-corrected chi connectivity index (χ2v) is 7.06. The number of aliphatic hydroxyl groups is 1. The third kappa shape index (κ3) is 2.50. The summed E-state index contributed by atoms with van der Waals surface area (Å²) in [4.78, 5) is 12.9. The van der Waals surface area contributed by atoms with E-state index in [0.717, 1.165) is 0 Å². The molecular formula is C20H18O6. The fourth-order valence-electron chi connectivity index (χ4n) is 3.20. The average Bonchev–Trinajstić information content (AvgIpc) is 3.01. The van der Waals surface area contributed by atoms with Gasteiger partial charge in [0, 0.05) is 18.1 Å². The van der Waals surface area contributed by atoms with Crippen LogP contribution in [0.1, 0.15) is 19.4 Å². The number of fused-ring (bicyclic) bond motifs is 2. The summed E-state index contributed by atoms with van der Waals surface area (Å²) in [6.07, 6.45) is 1.10. The van der Waals surface area contributed by atoms with Crippen LogP contribution in [0.5, 0.6) is 17.2 Å². The van der Waals surface area contributed by atoms with E-state index in [0.29, 0.717) is 23.3 Å². The SMILES string of the molecule is CC(C)(O)C1Cc2c(cc3occ(-c4ccc(O)cc4)c(=O)c3c2O)O1. The lowest BCUT2D eigenvalue weighted by atomic mass is 9.95. The standard InChI is InChI=1S/C20H18O6/c1-20(2,24)16-7-12-14(26-16)8-15-17(18(12)22)19(23)13(9-25-15)10-3-5-11(21)6-4-10/h3-6,8-9,16,21-22,24H,7H2,1-2H3. The van der Waals surface area contributed by atoms with Gasteiger partial charge in [0.15, 0.2) is 0 Å². The summed E-state index contributed by atoms with van der Waals surface area (Å²) in [7, 11) is 0. The summed E-state index contributed by atoms with van der Waals surface area (Å²) in [5, 5.41) is 30.4. The third-order valence-electron chi connectivity index (χ3n) is 4.73. The number of phenolic OH excluding ortho intramolecular Hbond substituents is 2. The topological polar surface area (TPSA) is 100 Å². The van der Waals surface area contributed by atoms with Crippen LogP contribution in [0.4, 0.5) is 0 Å². The number of hydrogen-bond donors (Lipinski definition) is 3. The van der Waals surface area contributed by atoms with Gasteiger partial charge >= 0.3 is 0 Å². The summed E-state index contributed by atoms with van der Waals surface area (Å²) >= 11 is 0. The number of benzene rings is 2. The molecule has 26 heavy (non-hydrogen) atoms. The molecule has 134 valence electrons. The quantitative estimate of drug-likeness (QED) is 0.654. The van der Waals surface area contributed by atoms with Gasteiger partial charge in [-0.3, -0.25) is 4.79 Å². The van der Waals surface area contributed by atoms with Crippen LogP contribution in [0.15, 0.2) is 45.8 Å². The van der Waals surface area contributed by atoms with E-state index >= 15 is 0 Å². The molecule has 0 aliphatic carbocycles. The molecule has 1 aromatic heterocycles. The van der Waals surface area contributed by atoms with Crippen molar-refractivity contribution >= 4 is 11.0 Å². The minimum atomic E-state index is -1.09. The van der Waals surface area contributed by atoms with E-state index in [1.54, 1.807) is 32.0 Å². The lowest BCUT2D eigenvalue weighted by Gasteiger charge is -2.24. The molecule has 0 saturated carbocycles. The van der Waals surface area contributed by atoms with Crippen molar-refractivity contribution in [3.05, 3.63) is 52.4 Å². The van der Waals surface area contributed by atoms with E-state index in [-0.39, 0.29) is 33.5 Å². The number of phenols is 2. The Hall–Kier alpha value is -2.99. The van der Waals surface area contributed by atoms with Crippen LogP contribution in [-0.2, 0) is 6.42 Å². The Bertz CT molecular complexity index is 1060. The van der Waals surface area contributed by atoms with Crippen LogP contribution < -0.4 is 10.2 Å². The molecule has 0 fully saturated rings. The van der Waals surface area contributed by atoms with Gasteiger partial charge in [0.25, 0.3) is 0 Å². The fraction of sp³-hybridized carbons (Fsp3) is 0.250. The molecule has 0 spiro atoms. The van der Waals surface area contributed by atoms with Crippen LogP contribution >= 0.6 is 0 Å². The largest absolute Gasteiger partial charge is 0.508 e. The zero-order chi connectivity index (χ0) is 18.6. The predicted octanol–water partition coefficient (Wildman–Crippen LogP) is 2.95. The Morgan fingerprint density at radius 2 is 1.85 bits per heavy atom. The van der Waals surface area contributed by atoms with Gasteiger partial charge in [0.1, 0.15) is 40.6 Å². The van der Waals surface area contributed by atoms with E-state index in [1.165, 1.54) is 18.4 Å². The Balaban J connectivity index is 1.89. The molecule has 0 bridgehead atoms. The third-order valence-corrected chi connectivity index (χ3v) is 4.73. The average molecular weight is 354 g/mol. The highest BCUT2D eigenvalue weighted by Crippen LogP contribution is 2.42. The molecule has 1 atom stereocenters. The van der Waals surface area contributed by atoms with Crippen LogP contribution in [0, 0.1) is 0 Å². The Kier molecular flexibility index (Phi) is 3.49. The predicted molar refractivity (Wildman–Crippen MR) is 95.7 cm³/mol. The highest BCUT2D eigenvalue weighted by Gasteiger charge is 2.37. The first-order chi connectivity index (χ1) is 12.3. The number of hydrogen-bond acceptors (Lipinski definition) is 6. The Morgan fingerprint density at radius 1 is 1.15 bits per heavy atom. The summed E-state index contributed by atoms with van der Waals surface area (Å²) in [5.74, 6) is 0.315. The molecule has 1 aliphatic heterocycles. The summed E-state index contributed by atoms with van der Waals surface area (Å²) in [6, 6.07) is 7.72. The van der Waals surface area contributed by atoms with Gasteiger partial charge in [-0.2, -0.15) is 0 Å². The molecule has 3 aromatic rings. The maximum atomic E-state index is 12.9. The molecule has 6 nitrogen and oxygen atoms in total. The minimum absolute atomic E-state index is 0.0781. The summed E-state index contributed by atoms with van der Waals surface area (Å²) < 4.78 is 11.3. The Labute approximate surface area is 148 Å². The number of rotatable bonds is 2. The van der Waals surface area contributed by atoms with Crippen molar-refractivity contribution in [1.29, 1.82) is 0 Å². The van der Waals surface area contributed by atoms with Gasteiger partial charge in [0.05, 0.1) is 11.2 Å². The van der Waals surface area contributed by atoms with E-state index in [4.69, 9.17) is 9.15 Å². The minimum Gasteiger partial charge on any atom is -0.508 e. The monoisotopic (exact) mass is 354 g/mol. The number of aromatic hydroxyl groups is 2. The second kappa shape index (κ2) is 5.51. The summed E-state index contributed by atoms with van der Waals surface area (Å²) in [5.41, 5.74) is 0.0929. The molecule has 6 heteroatoms. The van der Waals surface area contributed by atoms with E-state index in [1.807, 2.05) is 0 Å². The highest BCUT2D eigenvalue weighted by molar-refractivity contribution is 5.90. The van der Waals surface area contributed by atoms with Crippen molar-refractivity contribution in [2.24, 2.45) is 0 Å². The van der Waals surface area contributed by atoms with Crippen LogP contribution in [0.25, 0.3) is 22.1 Å². The maximum absolute atomic E-state index is 12.9. The first-order valence-corrected chi connectivity index (χ1v) is 8.24. The summed E-state index contributed by atoms with van der Waals surface area (Å²) in [6.45, 7) is 3.26. The van der Waals surface area contributed by atoms with E-state index in [9.17, 15) is 20.1 Å². The molecule has 0 amide bonds.